The lowest BCUT2D eigenvalue weighted by atomic mass is 10.1. The third-order valence-electron chi connectivity index (χ3n) is 4.16. The van der Waals surface area contributed by atoms with Crippen LogP contribution in [-0.4, -0.2) is 11.1 Å². The van der Waals surface area contributed by atoms with Gasteiger partial charge in [-0.3, -0.25) is 9.59 Å². The van der Waals surface area contributed by atoms with Gasteiger partial charge in [-0.1, -0.05) is 19.1 Å². The number of hydrogen-bond acceptors (Lipinski definition) is 6. The van der Waals surface area contributed by atoms with Crippen LogP contribution < -0.4 is 21.5 Å². The number of carbonyl (C=O) groups is 1. The van der Waals surface area contributed by atoms with Gasteiger partial charge < -0.3 is 20.2 Å². The minimum atomic E-state index is -1.13. The number of nitrogens with one attached hydrogen (secondary N) is 2. The Balaban J connectivity index is 1.90. The van der Waals surface area contributed by atoms with E-state index in [0.717, 1.165) is 5.76 Å². The molecule has 0 fully saturated rings. The van der Waals surface area contributed by atoms with Crippen molar-refractivity contribution in [3.05, 3.63) is 73.9 Å². The second-order valence-electron chi connectivity index (χ2n) is 5.94. The van der Waals surface area contributed by atoms with Crippen LogP contribution in [0, 0.1) is 6.92 Å². The highest BCUT2D eigenvalue weighted by molar-refractivity contribution is 5.96. The maximum Gasteiger partial charge on any atom is 0.337 e. The summed E-state index contributed by atoms with van der Waals surface area (Å²) in [5.74, 6) is 0.285. The highest BCUT2D eigenvalue weighted by Gasteiger charge is 2.25. The van der Waals surface area contributed by atoms with E-state index in [1.54, 1.807) is 12.1 Å². The summed E-state index contributed by atoms with van der Waals surface area (Å²) in [6.07, 6.45) is 0.636. The summed E-state index contributed by atoms with van der Waals surface area (Å²) < 4.78 is 5.59. The third kappa shape index (κ3) is 3.11. The van der Waals surface area contributed by atoms with E-state index < -0.39 is 16.8 Å². The first-order chi connectivity index (χ1) is 12.4. The number of carboxylic acids is 1. The van der Waals surface area contributed by atoms with Gasteiger partial charge in [-0.2, -0.15) is 0 Å². The van der Waals surface area contributed by atoms with Crippen molar-refractivity contribution in [3.8, 4) is 0 Å². The van der Waals surface area contributed by atoms with Gasteiger partial charge in [0, 0.05) is 0 Å². The molecule has 0 bridgehead atoms. The molecule has 134 valence electrons. The lowest BCUT2D eigenvalue weighted by Gasteiger charge is -2.20. The fourth-order valence-electron chi connectivity index (χ4n) is 2.75. The molecule has 2 aromatic carbocycles. The maximum atomic E-state index is 12.0. The van der Waals surface area contributed by atoms with Gasteiger partial charge in [0.2, 0.25) is 0 Å². The molecule has 26 heavy (non-hydrogen) atoms. The standard InChI is InChI=1S/C19H18N2O5/c1-3-12(14-9-8-10(2)26-14)20-15-16(18(23)17(15)22)21-13-7-5-4-6-11(13)19(24)25/h4-9,12,20-21H,3H2,1-2H3,(H,24,25)/t12-/m1/s1. The molecule has 1 aromatic heterocycles. The molecule has 1 atom stereocenters. The Morgan fingerprint density at radius 2 is 1.81 bits per heavy atom. The van der Waals surface area contributed by atoms with Crippen molar-refractivity contribution >= 4 is 23.0 Å². The highest BCUT2D eigenvalue weighted by Crippen LogP contribution is 2.29. The Labute approximate surface area is 149 Å². The fraction of sp³-hybridized carbons (Fsp3) is 0.211. The summed E-state index contributed by atoms with van der Waals surface area (Å²) in [4.78, 5) is 35.3. The Bertz CT molecular complexity index is 1030. The van der Waals surface area contributed by atoms with E-state index in [0.29, 0.717) is 12.2 Å². The van der Waals surface area contributed by atoms with E-state index in [2.05, 4.69) is 10.6 Å². The molecule has 0 aliphatic heterocycles. The van der Waals surface area contributed by atoms with Crippen molar-refractivity contribution in [2.45, 2.75) is 26.3 Å². The predicted molar refractivity (Wildman–Crippen MR) is 98.1 cm³/mol. The van der Waals surface area contributed by atoms with Crippen LogP contribution in [0.3, 0.4) is 0 Å². The summed E-state index contributed by atoms with van der Waals surface area (Å²) in [5.41, 5.74) is -0.862. The molecule has 7 heteroatoms. The summed E-state index contributed by atoms with van der Waals surface area (Å²) in [7, 11) is 0. The lowest BCUT2D eigenvalue weighted by molar-refractivity contribution is 0.0698. The van der Waals surface area contributed by atoms with Gasteiger partial charge in [0.05, 0.1) is 17.3 Å². The zero-order valence-electron chi connectivity index (χ0n) is 14.3. The smallest absolute Gasteiger partial charge is 0.337 e. The molecule has 0 saturated heterocycles. The van der Waals surface area contributed by atoms with Crippen LogP contribution in [0.25, 0.3) is 0 Å². The average molecular weight is 354 g/mol. The van der Waals surface area contributed by atoms with Crippen LogP contribution in [0.5, 0.6) is 0 Å². The van der Waals surface area contributed by atoms with Crippen molar-refractivity contribution < 1.29 is 14.3 Å². The number of rotatable bonds is 7. The van der Waals surface area contributed by atoms with E-state index in [1.165, 1.54) is 12.1 Å². The minimum absolute atomic E-state index is 0.0141. The molecule has 3 aromatic rings. The van der Waals surface area contributed by atoms with Gasteiger partial charge in [0.15, 0.2) is 0 Å². The van der Waals surface area contributed by atoms with Crippen LogP contribution in [0.2, 0.25) is 0 Å². The zero-order valence-corrected chi connectivity index (χ0v) is 14.3. The first kappa shape index (κ1) is 17.5. The Morgan fingerprint density at radius 3 is 2.42 bits per heavy atom. The van der Waals surface area contributed by atoms with E-state index in [1.807, 2.05) is 26.0 Å². The summed E-state index contributed by atoms with van der Waals surface area (Å²) in [6, 6.07) is 9.55. The molecule has 1 heterocycles. The van der Waals surface area contributed by atoms with E-state index >= 15 is 0 Å². The van der Waals surface area contributed by atoms with Gasteiger partial charge in [-0.25, -0.2) is 4.79 Å². The largest absolute Gasteiger partial charge is 0.478 e. The number of anilines is 3. The van der Waals surface area contributed by atoms with Crippen LogP contribution in [0.1, 0.15) is 41.3 Å². The van der Waals surface area contributed by atoms with Gasteiger partial charge in [-0.15, -0.1) is 0 Å². The number of furan rings is 1. The van der Waals surface area contributed by atoms with Gasteiger partial charge >= 0.3 is 5.97 Å². The molecule has 0 radical (unpaired) electrons. The highest BCUT2D eigenvalue weighted by atomic mass is 16.4. The molecule has 3 N–H and O–H groups in total. The molecule has 0 aliphatic carbocycles. The Morgan fingerprint density at radius 1 is 1.12 bits per heavy atom. The van der Waals surface area contributed by atoms with Crippen LogP contribution in [-0.2, 0) is 0 Å². The molecular weight excluding hydrogens is 336 g/mol. The Hall–Kier alpha value is -3.35. The first-order valence-corrected chi connectivity index (χ1v) is 8.17. The first-order valence-electron chi connectivity index (χ1n) is 8.17. The summed E-state index contributed by atoms with van der Waals surface area (Å²) in [6.45, 7) is 3.75. The average Bonchev–Trinajstić information content (AvgIpc) is 3.07. The molecule has 3 rings (SSSR count). The van der Waals surface area contributed by atoms with Crippen LogP contribution in [0.4, 0.5) is 17.1 Å². The maximum absolute atomic E-state index is 12.0. The van der Waals surface area contributed by atoms with Crippen molar-refractivity contribution in [1.82, 2.24) is 0 Å². The fourth-order valence-corrected chi connectivity index (χ4v) is 2.75. The number of aryl methyl sites for hydroxylation is 1. The van der Waals surface area contributed by atoms with Gasteiger partial charge in [0.1, 0.15) is 22.9 Å². The second kappa shape index (κ2) is 6.87. The van der Waals surface area contributed by atoms with E-state index in [9.17, 15) is 19.5 Å². The number of benzene rings is 1. The predicted octanol–water partition coefficient (Wildman–Crippen LogP) is 3.19. The van der Waals surface area contributed by atoms with Gasteiger partial charge in [0.25, 0.3) is 10.9 Å². The van der Waals surface area contributed by atoms with E-state index in [4.69, 9.17) is 4.42 Å². The Kier molecular flexibility index (Phi) is 4.62. The summed E-state index contributed by atoms with van der Waals surface area (Å²) >= 11 is 0. The zero-order chi connectivity index (χ0) is 18.8. The lowest BCUT2D eigenvalue weighted by Crippen LogP contribution is -2.37. The number of hydrogen-bond donors (Lipinski definition) is 3. The van der Waals surface area contributed by atoms with Crippen molar-refractivity contribution in [2.24, 2.45) is 0 Å². The third-order valence-corrected chi connectivity index (χ3v) is 4.16. The monoisotopic (exact) mass is 354 g/mol. The molecule has 0 saturated carbocycles. The van der Waals surface area contributed by atoms with Crippen LogP contribution in [0.15, 0.2) is 50.4 Å². The molecule has 0 aliphatic rings. The minimum Gasteiger partial charge on any atom is -0.478 e. The normalized spacial score (nSPS) is 12.1. The van der Waals surface area contributed by atoms with Gasteiger partial charge in [-0.05, 0) is 37.6 Å². The van der Waals surface area contributed by atoms with Crippen LogP contribution >= 0.6 is 0 Å². The molecule has 0 spiro atoms. The van der Waals surface area contributed by atoms with Crippen molar-refractivity contribution in [3.63, 3.8) is 0 Å². The number of aromatic carboxylic acids is 1. The molecular formula is C19H18N2O5. The number of para-hydroxylation sites is 1. The summed E-state index contributed by atoms with van der Waals surface area (Å²) in [5, 5.41) is 15.1. The van der Waals surface area contributed by atoms with Crippen molar-refractivity contribution in [2.75, 3.05) is 10.6 Å². The number of carboxylic acid groups (broad SMARTS) is 1. The second-order valence-corrected chi connectivity index (χ2v) is 5.94. The molecule has 7 nitrogen and oxygen atoms in total. The SMILES string of the molecule is CC[C@@H](Nc1c(Nc2ccccc2C(=O)O)c(=O)c1=O)c1ccc(C)o1. The quantitative estimate of drug-likeness (QED) is 0.559. The topological polar surface area (TPSA) is 109 Å². The molecule has 0 unspecified atom stereocenters. The van der Waals surface area contributed by atoms with Crippen molar-refractivity contribution in [1.29, 1.82) is 0 Å². The van der Waals surface area contributed by atoms with E-state index in [-0.39, 0.29) is 28.7 Å². The molecule has 0 amide bonds.